The highest BCUT2D eigenvalue weighted by molar-refractivity contribution is 5.43. The van der Waals surface area contributed by atoms with Crippen molar-refractivity contribution in [3.8, 4) is 5.75 Å². The number of nitrogens with zero attached hydrogens (tertiary/aromatic N) is 2. The monoisotopic (exact) mass is 238 g/mol. The van der Waals surface area contributed by atoms with Crippen LogP contribution in [0.1, 0.15) is 25.7 Å². The van der Waals surface area contributed by atoms with Crippen molar-refractivity contribution >= 4 is 5.69 Å². The highest BCUT2D eigenvalue weighted by Gasteiger charge is 2.23. The van der Waals surface area contributed by atoms with Crippen molar-refractivity contribution in [1.82, 2.24) is 4.98 Å². The lowest BCUT2D eigenvalue weighted by molar-refractivity contribution is -0.386. The third-order valence-corrected chi connectivity index (χ3v) is 2.90. The van der Waals surface area contributed by atoms with E-state index in [0.29, 0.717) is 12.8 Å². The molecule has 92 valence electrons. The number of rotatable bonds is 3. The largest absolute Gasteiger partial charge is 0.483 e. The van der Waals surface area contributed by atoms with E-state index in [1.807, 2.05) is 0 Å². The number of nitro groups is 1. The first-order valence-corrected chi connectivity index (χ1v) is 5.60. The number of aliphatic hydroxyl groups excluding tert-OH is 1. The van der Waals surface area contributed by atoms with E-state index in [4.69, 9.17) is 4.74 Å². The molecule has 1 aromatic heterocycles. The van der Waals surface area contributed by atoms with Gasteiger partial charge in [0.1, 0.15) is 6.20 Å². The smallest absolute Gasteiger partial charge is 0.329 e. The number of pyridine rings is 1. The summed E-state index contributed by atoms with van der Waals surface area (Å²) >= 11 is 0. The molecule has 0 atom stereocenters. The maximum atomic E-state index is 10.8. The second kappa shape index (κ2) is 5.09. The first kappa shape index (κ1) is 11.8. The minimum Gasteiger partial charge on any atom is -0.483 e. The molecule has 6 nitrogen and oxygen atoms in total. The molecule has 0 aromatic carbocycles. The van der Waals surface area contributed by atoms with Crippen molar-refractivity contribution in [3.05, 3.63) is 28.6 Å². The number of ether oxygens (including phenoxy) is 1. The van der Waals surface area contributed by atoms with E-state index in [-0.39, 0.29) is 23.6 Å². The Labute approximate surface area is 98.4 Å². The van der Waals surface area contributed by atoms with Gasteiger partial charge in [-0.15, -0.1) is 0 Å². The van der Waals surface area contributed by atoms with E-state index in [2.05, 4.69) is 4.98 Å². The van der Waals surface area contributed by atoms with E-state index in [0.717, 1.165) is 12.8 Å². The predicted octanol–water partition coefficient (Wildman–Crippen LogP) is 1.67. The van der Waals surface area contributed by atoms with Crippen LogP contribution in [-0.2, 0) is 0 Å². The van der Waals surface area contributed by atoms with Crippen molar-refractivity contribution < 1.29 is 14.8 Å². The Hall–Kier alpha value is -1.69. The number of aromatic nitrogens is 1. The quantitative estimate of drug-likeness (QED) is 0.639. The number of hydrogen-bond acceptors (Lipinski definition) is 5. The average Bonchev–Trinajstić information content (AvgIpc) is 2.32. The lowest BCUT2D eigenvalue weighted by Crippen LogP contribution is -2.26. The summed E-state index contributed by atoms with van der Waals surface area (Å²) in [4.78, 5) is 14.0. The summed E-state index contributed by atoms with van der Waals surface area (Å²) in [6.07, 6.45) is 5.16. The molecular weight excluding hydrogens is 224 g/mol. The Kier molecular flexibility index (Phi) is 3.53. The van der Waals surface area contributed by atoms with Gasteiger partial charge >= 0.3 is 5.69 Å². The van der Waals surface area contributed by atoms with E-state index in [1.165, 1.54) is 18.5 Å². The van der Waals surface area contributed by atoms with Crippen molar-refractivity contribution in [2.24, 2.45) is 0 Å². The van der Waals surface area contributed by atoms with Crippen LogP contribution in [0, 0.1) is 10.1 Å². The highest BCUT2D eigenvalue weighted by Crippen LogP contribution is 2.29. The fourth-order valence-corrected chi connectivity index (χ4v) is 1.95. The van der Waals surface area contributed by atoms with Gasteiger partial charge in [0.2, 0.25) is 5.75 Å². The summed E-state index contributed by atoms with van der Waals surface area (Å²) < 4.78 is 5.60. The van der Waals surface area contributed by atoms with Crippen LogP contribution in [0.5, 0.6) is 5.75 Å². The molecule has 0 radical (unpaired) electrons. The Morgan fingerprint density at radius 3 is 2.76 bits per heavy atom. The molecule has 1 fully saturated rings. The second-order valence-corrected chi connectivity index (χ2v) is 4.15. The first-order chi connectivity index (χ1) is 8.16. The molecule has 17 heavy (non-hydrogen) atoms. The van der Waals surface area contributed by atoms with Crippen molar-refractivity contribution in [3.63, 3.8) is 0 Å². The van der Waals surface area contributed by atoms with Gasteiger partial charge in [-0.1, -0.05) is 0 Å². The topological polar surface area (TPSA) is 85.5 Å². The Balaban J connectivity index is 2.05. The maximum Gasteiger partial charge on any atom is 0.329 e. The van der Waals surface area contributed by atoms with Gasteiger partial charge in [-0.3, -0.25) is 15.1 Å². The number of hydrogen-bond donors (Lipinski definition) is 1. The minimum atomic E-state index is -0.500. The van der Waals surface area contributed by atoms with Crippen LogP contribution in [0.3, 0.4) is 0 Å². The Bertz CT molecular complexity index is 402. The van der Waals surface area contributed by atoms with Crippen LogP contribution in [0.2, 0.25) is 0 Å². The Morgan fingerprint density at radius 1 is 1.41 bits per heavy atom. The van der Waals surface area contributed by atoms with E-state index >= 15 is 0 Å². The Morgan fingerprint density at radius 2 is 2.12 bits per heavy atom. The molecule has 1 saturated carbocycles. The summed E-state index contributed by atoms with van der Waals surface area (Å²) in [6.45, 7) is 0. The lowest BCUT2D eigenvalue weighted by atomic mass is 9.95. The van der Waals surface area contributed by atoms with Crippen LogP contribution in [0.25, 0.3) is 0 Å². The zero-order chi connectivity index (χ0) is 12.3. The van der Waals surface area contributed by atoms with Crippen molar-refractivity contribution in [2.75, 3.05) is 0 Å². The van der Waals surface area contributed by atoms with Crippen molar-refractivity contribution in [2.45, 2.75) is 37.9 Å². The molecule has 0 aliphatic heterocycles. The van der Waals surface area contributed by atoms with Gasteiger partial charge in [0.25, 0.3) is 0 Å². The SMILES string of the molecule is O=[N+]([O-])c1cnccc1OC1CCC(O)CC1. The molecule has 0 bridgehead atoms. The molecule has 1 aliphatic rings. The average molecular weight is 238 g/mol. The minimum absolute atomic E-state index is 0.0560. The van der Waals surface area contributed by atoms with Gasteiger partial charge in [-0.05, 0) is 25.7 Å². The van der Waals surface area contributed by atoms with Gasteiger partial charge in [0.15, 0.2) is 0 Å². The molecule has 0 amide bonds. The first-order valence-electron chi connectivity index (χ1n) is 5.60. The summed E-state index contributed by atoms with van der Waals surface area (Å²) in [5.41, 5.74) is -0.112. The summed E-state index contributed by atoms with van der Waals surface area (Å²) in [7, 11) is 0. The molecule has 1 N–H and O–H groups in total. The molecule has 1 aromatic rings. The fourth-order valence-electron chi connectivity index (χ4n) is 1.95. The van der Waals surface area contributed by atoms with Crippen molar-refractivity contribution in [1.29, 1.82) is 0 Å². The standard InChI is InChI=1S/C11H14N2O4/c14-8-1-3-9(4-2-8)17-11-5-6-12-7-10(11)13(15)16/h5-9,14H,1-4H2. The lowest BCUT2D eigenvalue weighted by Gasteiger charge is -2.25. The molecule has 0 spiro atoms. The third kappa shape index (κ3) is 2.91. The van der Waals surface area contributed by atoms with E-state index < -0.39 is 4.92 Å². The summed E-state index contributed by atoms with van der Waals surface area (Å²) in [5.74, 6) is 0.256. The van der Waals surface area contributed by atoms with Crippen LogP contribution >= 0.6 is 0 Å². The van der Waals surface area contributed by atoms with Crippen LogP contribution in [0.15, 0.2) is 18.5 Å². The van der Waals surface area contributed by atoms with Crippen LogP contribution in [-0.4, -0.2) is 27.2 Å². The second-order valence-electron chi connectivity index (χ2n) is 4.15. The van der Waals surface area contributed by atoms with Gasteiger partial charge in [0, 0.05) is 12.3 Å². The van der Waals surface area contributed by atoms with Gasteiger partial charge < -0.3 is 9.84 Å². The summed E-state index contributed by atoms with van der Waals surface area (Å²) in [5, 5.41) is 20.1. The van der Waals surface area contributed by atoms with E-state index in [1.54, 1.807) is 0 Å². The molecule has 1 aliphatic carbocycles. The van der Waals surface area contributed by atoms with Crippen LogP contribution < -0.4 is 4.74 Å². The van der Waals surface area contributed by atoms with Crippen LogP contribution in [0.4, 0.5) is 5.69 Å². The van der Waals surface area contributed by atoms with Gasteiger partial charge in [0.05, 0.1) is 17.1 Å². The maximum absolute atomic E-state index is 10.8. The molecular formula is C11H14N2O4. The zero-order valence-corrected chi connectivity index (χ0v) is 9.28. The van der Waals surface area contributed by atoms with Gasteiger partial charge in [-0.25, -0.2) is 0 Å². The third-order valence-electron chi connectivity index (χ3n) is 2.90. The highest BCUT2D eigenvalue weighted by atomic mass is 16.6. The zero-order valence-electron chi connectivity index (χ0n) is 9.28. The molecule has 2 rings (SSSR count). The number of aliphatic hydroxyl groups is 1. The molecule has 1 heterocycles. The molecule has 0 unspecified atom stereocenters. The summed E-state index contributed by atoms with van der Waals surface area (Å²) in [6, 6.07) is 1.50. The van der Waals surface area contributed by atoms with E-state index in [9.17, 15) is 15.2 Å². The molecule has 6 heteroatoms. The normalized spacial score (nSPS) is 24.3. The predicted molar refractivity (Wildman–Crippen MR) is 59.8 cm³/mol. The van der Waals surface area contributed by atoms with Gasteiger partial charge in [-0.2, -0.15) is 0 Å². The fraction of sp³-hybridized carbons (Fsp3) is 0.545. The molecule has 0 saturated heterocycles.